The fraction of sp³-hybridized carbons (Fsp3) is 0. The molecular formula is C26H20. The van der Waals surface area contributed by atoms with E-state index in [1.54, 1.807) is 0 Å². The summed E-state index contributed by atoms with van der Waals surface area (Å²) in [5, 5.41) is 0. The molecule has 0 amide bonds. The van der Waals surface area contributed by atoms with Gasteiger partial charge in [-0.3, -0.25) is 0 Å². The van der Waals surface area contributed by atoms with E-state index in [2.05, 4.69) is 109 Å². The smallest absolute Gasteiger partial charge is 0.0111 e. The quantitative estimate of drug-likeness (QED) is 0.347. The van der Waals surface area contributed by atoms with E-state index in [0.717, 1.165) is 0 Å². The second-order valence-electron chi connectivity index (χ2n) is 6.27. The van der Waals surface area contributed by atoms with Crippen molar-refractivity contribution in [3.63, 3.8) is 0 Å². The van der Waals surface area contributed by atoms with E-state index in [9.17, 15) is 0 Å². The highest BCUT2D eigenvalue weighted by Gasteiger charge is 2.03. The van der Waals surface area contributed by atoms with Gasteiger partial charge in [-0.15, -0.1) is 0 Å². The molecule has 4 aromatic rings. The molecular weight excluding hydrogens is 312 g/mol. The third kappa shape index (κ3) is 3.65. The molecule has 0 fully saturated rings. The van der Waals surface area contributed by atoms with E-state index in [-0.39, 0.29) is 0 Å². The Hall–Kier alpha value is -3.38. The summed E-state index contributed by atoms with van der Waals surface area (Å²) < 4.78 is 0. The minimum absolute atomic E-state index is 1.21. The predicted octanol–water partition coefficient (Wildman–Crippen LogP) is 7.19. The lowest BCUT2D eigenvalue weighted by molar-refractivity contribution is 1.57. The Bertz CT molecular complexity index is 995. The maximum absolute atomic E-state index is 2.21. The standard InChI is InChI=1S/C26H20/c1-3-9-21(10-4-1)15-16-24-13-7-8-14-26(24)25-19-17-23(18-20-25)22-11-5-2-6-12-22/h1-20H/b16-15+. The Morgan fingerprint density at radius 1 is 0.385 bits per heavy atom. The highest BCUT2D eigenvalue weighted by atomic mass is 14.1. The molecule has 0 aliphatic carbocycles. The van der Waals surface area contributed by atoms with Crippen molar-refractivity contribution in [2.75, 3.05) is 0 Å². The van der Waals surface area contributed by atoms with Crippen molar-refractivity contribution in [2.24, 2.45) is 0 Å². The van der Waals surface area contributed by atoms with Crippen LogP contribution in [0, 0.1) is 0 Å². The van der Waals surface area contributed by atoms with E-state index in [4.69, 9.17) is 0 Å². The van der Waals surface area contributed by atoms with Crippen molar-refractivity contribution in [1.82, 2.24) is 0 Å². The van der Waals surface area contributed by atoms with Gasteiger partial charge in [0.2, 0.25) is 0 Å². The first-order valence-corrected chi connectivity index (χ1v) is 8.88. The second kappa shape index (κ2) is 7.67. The van der Waals surface area contributed by atoms with Crippen molar-refractivity contribution in [2.45, 2.75) is 0 Å². The third-order valence-corrected chi connectivity index (χ3v) is 4.52. The molecule has 0 bridgehead atoms. The van der Waals surface area contributed by atoms with Crippen molar-refractivity contribution < 1.29 is 0 Å². The van der Waals surface area contributed by atoms with Gasteiger partial charge in [-0.2, -0.15) is 0 Å². The number of rotatable bonds is 4. The van der Waals surface area contributed by atoms with Crippen LogP contribution in [0.5, 0.6) is 0 Å². The van der Waals surface area contributed by atoms with Gasteiger partial charge < -0.3 is 0 Å². The predicted molar refractivity (Wildman–Crippen MR) is 113 cm³/mol. The molecule has 0 aliphatic heterocycles. The highest BCUT2D eigenvalue weighted by Crippen LogP contribution is 2.28. The Labute approximate surface area is 155 Å². The van der Waals surface area contributed by atoms with Gasteiger partial charge in [-0.1, -0.05) is 121 Å². The minimum Gasteiger partial charge on any atom is -0.0622 e. The van der Waals surface area contributed by atoms with Crippen LogP contribution in [0.15, 0.2) is 109 Å². The molecule has 0 saturated heterocycles. The number of benzene rings is 4. The first-order valence-electron chi connectivity index (χ1n) is 8.88. The van der Waals surface area contributed by atoms with Gasteiger partial charge in [-0.05, 0) is 33.4 Å². The van der Waals surface area contributed by atoms with Crippen LogP contribution in [0.2, 0.25) is 0 Å². The zero-order valence-electron chi connectivity index (χ0n) is 14.5. The fourth-order valence-corrected chi connectivity index (χ4v) is 3.13. The molecule has 0 N–H and O–H groups in total. The third-order valence-electron chi connectivity index (χ3n) is 4.52. The van der Waals surface area contributed by atoms with Crippen LogP contribution >= 0.6 is 0 Å². The van der Waals surface area contributed by atoms with Crippen LogP contribution in [0.4, 0.5) is 0 Å². The summed E-state index contributed by atoms with van der Waals surface area (Å²) in [7, 11) is 0. The summed E-state index contributed by atoms with van der Waals surface area (Å²) in [5.41, 5.74) is 7.41. The average Bonchev–Trinajstić information content (AvgIpc) is 2.74. The maximum Gasteiger partial charge on any atom is -0.0111 e. The Kier molecular flexibility index (Phi) is 4.75. The molecule has 0 unspecified atom stereocenters. The van der Waals surface area contributed by atoms with E-state index in [1.807, 2.05) is 12.1 Å². The molecule has 0 aliphatic rings. The van der Waals surface area contributed by atoms with Crippen LogP contribution in [0.3, 0.4) is 0 Å². The van der Waals surface area contributed by atoms with Gasteiger partial charge in [0.25, 0.3) is 0 Å². The fourth-order valence-electron chi connectivity index (χ4n) is 3.13. The van der Waals surface area contributed by atoms with Crippen molar-refractivity contribution in [3.05, 3.63) is 120 Å². The van der Waals surface area contributed by atoms with Crippen molar-refractivity contribution >= 4 is 12.2 Å². The van der Waals surface area contributed by atoms with Crippen LogP contribution in [0.1, 0.15) is 11.1 Å². The summed E-state index contributed by atoms with van der Waals surface area (Å²) in [5.74, 6) is 0. The lowest BCUT2D eigenvalue weighted by Gasteiger charge is -2.08. The molecule has 0 spiro atoms. The van der Waals surface area contributed by atoms with E-state index >= 15 is 0 Å². The van der Waals surface area contributed by atoms with Gasteiger partial charge >= 0.3 is 0 Å². The summed E-state index contributed by atoms with van der Waals surface area (Å²) in [4.78, 5) is 0. The Morgan fingerprint density at radius 2 is 0.923 bits per heavy atom. The number of hydrogen-bond donors (Lipinski definition) is 0. The Morgan fingerprint density at radius 3 is 1.65 bits per heavy atom. The van der Waals surface area contributed by atoms with Gasteiger partial charge in [0.15, 0.2) is 0 Å². The van der Waals surface area contributed by atoms with Gasteiger partial charge in [0.05, 0.1) is 0 Å². The molecule has 4 rings (SSSR count). The van der Waals surface area contributed by atoms with Crippen LogP contribution in [-0.2, 0) is 0 Å². The molecule has 0 heteroatoms. The second-order valence-corrected chi connectivity index (χ2v) is 6.27. The maximum atomic E-state index is 2.21. The lowest BCUT2D eigenvalue weighted by atomic mass is 9.96. The topological polar surface area (TPSA) is 0 Å². The zero-order chi connectivity index (χ0) is 17.6. The van der Waals surface area contributed by atoms with E-state index in [0.29, 0.717) is 0 Å². The molecule has 26 heavy (non-hydrogen) atoms. The van der Waals surface area contributed by atoms with Crippen molar-refractivity contribution in [1.29, 1.82) is 0 Å². The molecule has 0 aromatic heterocycles. The molecule has 0 saturated carbocycles. The average molecular weight is 332 g/mol. The molecule has 0 atom stereocenters. The monoisotopic (exact) mass is 332 g/mol. The molecule has 0 radical (unpaired) electrons. The van der Waals surface area contributed by atoms with Crippen LogP contribution < -0.4 is 0 Å². The summed E-state index contributed by atoms with van der Waals surface area (Å²) in [6.07, 6.45) is 4.35. The van der Waals surface area contributed by atoms with Gasteiger partial charge in [0, 0.05) is 0 Å². The van der Waals surface area contributed by atoms with Crippen LogP contribution in [0.25, 0.3) is 34.4 Å². The highest BCUT2D eigenvalue weighted by molar-refractivity contribution is 5.81. The minimum atomic E-state index is 1.21. The van der Waals surface area contributed by atoms with Gasteiger partial charge in [0.1, 0.15) is 0 Å². The Balaban J connectivity index is 1.65. The molecule has 0 nitrogen and oxygen atoms in total. The van der Waals surface area contributed by atoms with Crippen LogP contribution in [-0.4, -0.2) is 0 Å². The van der Waals surface area contributed by atoms with Crippen molar-refractivity contribution in [3.8, 4) is 22.3 Å². The zero-order valence-corrected chi connectivity index (χ0v) is 14.5. The summed E-state index contributed by atoms with van der Waals surface area (Å²) in [6.45, 7) is 0. The largest absolute Gasteiger partial charge is 0.0622 e. The molecule has 4 aromatic carbocycles. The summed E-state index contributed by atoms with van der Waals surface area (Å²) >= 11 is 0. The normalized spacial score (nSPS) is 10.9. The molecule has 124 valence electrons. The summed E-state index contributed by atoms with van der Waals surface area (Å²) in [6, 6.07) is 38.2. The van der Waals surface area contributed by atoms with Gasteiger partial charge in [-0.25, -0.2) is 0 Å². The lowest BCUT2D eigenvalue weighted by Crippen LogP contribution is -1.84. The first-order chi connectivity index (χ1) is 12.9. The SMILES string of the molecule is C(=C\c1ccccc1-c1ccc(-c2ccccc2)cc1)/c1ccccc1. The number of hydrogen-bond acceptors (Lipinski definition) is 0. The molecule has 0 heterocycles. The van der Waals surface area contributed by atoms with E-state index in [1.165, 1.54) is 33.4 Å². The first kappa shape index (κ1) is 16.1. The van der Waals surface area contributed by atoms with E-state index < -0.39 is 0 Å².